The van der Waals surface area contributed by atoms with Crippen LogP contribution in [0.2, 0.25) is 0 Å². The second-order valence-electron chi connectivity index (χ2n) is 9.13. The lowest BCUT2D eigenvalue weighted by Gasteiger charge is -2.32. The van der Waals surface area contributed by atoms with E-state index in [1.165, 1.54) is 17.0 Å². The molecule has 33 heavy (non-hydrogen) atoms. The van der Waals surface area contributed by atoms with Crippen molar-refractivity contribution in [1.82, 2.24) is 29.1 Å². The Labute approximate surface area is 192 Å². The van der Waals surface area contributed by atoms with E-state index in [4.69, 9.17) is 4.52 Å². The second kappa shape index (κ2) is 8.77. The van der Waals surface area contributed by atoms with Gasteiger partial charge in [-0.3, -0.25) is 0 Å². The van der Waals surface area contributed by atoms with Gasteiger partial charge in [-0.25, -0.2) is 17.1 Å². The van der Waals surface area contributed by atoms with Crippen LogP contribution in [0.15, 0.2) is 22.7 Å². The summed E-state index contributed by atoms with van der Waals surface area (Å²) in [7, 11) is -3.10. The molecule has 0 amide bonds. The highest BCUT2D eigenvalue weighted by molar-refractivity contribution is 7.88. The molecule has 0 bridgehead atoms. The topological polar surface area (TPSA) is 97.4 Å². The maximum atomic E-state index is 14.6. The number of hydrogen-bond donors (Lipinski definition) is 0. The molecular weight excluding hydrogens is 447 g/mol. The van der Waals surface area contributed by atoms with Gasteiger partial charge in [0.2, 0.25) is 15.9 Å². The van der Waals surface area contributed by atoms with Crippen LogP contribution in [0.25, 0.3) is 16.9 Å². The molecule has 9 nitrogen and oxygen atoms in total. The van der Waals surface area contributed by atoms with Gasteiger partial charge in [-0.05, 0) is 55.9 Å². The van der Waals surface area contributed by atoms with Crippen molar-refractivity contribution in [1.29, 1.82) is 0 Å². The molecule has 2 fully saturated rings. The zero-order chi connectivity index (χ0) is 23.2. The fraction of sp³-hybridized carbons (Fsp3) is 0.591. The number of aryl methyl sites for hydroxylation is 1. The van der Waals surface area contributed by atoms with Crippen LogP contribution in [0.3, 0.4) is 0 Å². The number of para-hydroxylation sites is 1. The average molecular weight is 477 g/mol. The molecule has 0 N–H and O–H groups in total. The van der Waals surface area contributed by atoms with Crippen molar-refractivity contribution in [2.45, 2.75) is 38.5 Å². The van der Waals surface area contributed by atoms with Gasteiger partial charge < -0.3 is 9.42 Å². The maximum Gasteiger partial charge on any atom is 0.291 e. The molecule has 2 aromatic heterocycles. The van der Waals surface area contributed by atoms with Crippen LogP contribution in [0, 0.1) is 11.7 Å². The number of hydrogen-bond acceptors (Lipinski definition) is 7. The third-order valence-corrected chi connectivity index (χ3v) is 8.13. The molecule has 178 valence electrons. The minimum atomic E-state index is -3.10. The summed E-state index contributed by atoms with van der Waals surface area (Å²) in [5.74, 6) is 0.986. The Bertz CT molecular complexity index is 1250. The van der Waals surface area contributed by atoms with E-state index < -0.39 is 10.0 Å². The normalized spacial score (nSPS) is 21.4. The third-order valence-electron chi connectivity index (χ3n) is 6.86. The van der Waals surface area contributed by atoms with E-state index in [0.717, 1.165) is 50.0 Å². The second-order valence-corrected chi connectivity index (χ2v) is 11.1. The van der Waals surface area contributed by atoms with E-state index in [1.54, 1.807) is 10.4 Å². The van der Waals surface area contributed by atoms with Crippen LogP contribution in [-0.4, -0.2) is 76.5 Å². The number of likely N-dealkylation sites (tertiary alicyclic amines) is 1. The lowest BCUT2D eigenvalue weighted by atomic mass is 9.95. The predicted octanol–water partition coefficient (Wildman–Crippen LogP) is 2.57. The Kier molecular flexibility index (Phi) is 5.96. The van der Waals surface area contributed by atoms with E-state index in [0.29, 0.717) is 36.8 Å². The highest BCUT2D eigenvalue weighted by Gasteiger charge is 2.32. The number of sulfonamides is 1. The third kappa shape index (κ3) is 4.41. The number of halogens is 1. The van der Waals surface area contributed by atoms with Gasteiger partial charge in [-0.2, -0.15) is 14.8 Å². The van der Waals surface area contributed by atoms with E-state index in [1.807, 2.05) is 13.0 Å². The summed E-state index contributed by atoms with van der Waals surface area (Å²) in [6.45, 7) is 5.92. The Morgan fingerprint density at radius 3 is 2.67 bits per heavy atom. The SMILES string of the molecule is CCc1nn(-c2noc(C3CCN(C[C@H]4CCN(S(C)(=O)=O)C4)CC3)n2)c2c(F)cccc12. The van der Waals surface area contributed by atoms with Gasteiger partial charge in [0.05, 0.1) is 11.9 Å². The molecule has 0 unspecified atom stereocenters. The standard InChI is InChI=1S/C22H29FN6O3S/c1-3-19-17-5-4-6-18(23)20(17)29(25-19)22-24-21(32-26-22)16-8-10-27(11-9-16)13-15-7-12-28(14-15)33(2,30)31/h4-6,15-16H,3,7-14H2,1-2H3/t15-/m1/s1. The summed E-state index contributed by atoms with van der Waals surface area (Å²) in [6, 6.07) is 4.95. The van der Waals surface area contributed by atoms with Crippen molar-refractivity contribution in [3.63, 3.8) is 0 Å². The molecule has 11 heteroatoms. The quantitative estimate of drug-likeness (QED) is 0.539. The zero-order valence-corrected chi connectivity index (χ0v) is 19.8. The van der Waals surface area contributed by atoms with E-state index in [-0.39, 0.29) is 17.7 Å². The smallest absolute Gasteiger partial charge is 0.291 e. The van der Waals surface area contributed by atoms with Gasteiger partial charge in [-0.1, -0.05) is 19.1 Å². The van der Waals surface area contributed by atoms with Crippen LogP contribution < -0.4 is 0 Å². The molecule has 0 aliphatic carbocycles. The summed E-state index contributed by atoms with van der Waals surface area (Å²) < 4.78 is 46.6. The lowest BCUT2D eigenvalue weighted by molar-refractivity contribution is 0.172. The van der Waals surface area contributed by atoms with Crippen molar-refractivity contribution in [2.24, 2.45) is 5.92 Å². The molecule has 2 aliphatic heterocycles. The number of rotatable bonds is 6. The highest BCUT2D eigenvalue weighted by Crippen LogP contribution is 2.30. The predicted molar refractivity (Wildman–Crippen MR) is 121 cm³/mol. The molecule has 0 radical (unpaired) electrons. The van der Waals surface area contributed by atoms with Gasteiger partial charge in [0, 0.05) is 30.9 Å². The van der Waals surface area contributed by atoms with Crippen LogP contribution in [0.5, 0.6) is 0 Å². The fourth-order valence-electron chi connectivity index (χ4n) is 5.05. The van der Waals surface area contributed by atoms with Crippen LogP contribution >= 0.6 is 0 Å². The van der Waals surface area contributed by atoms with E-state index >= 15 is 0 Å². The minimum absolute atomic E-state index is 0.149. The van der Waals surface area contributed by atoms with Crippen molar-refractivity contribution < 1.29 is 17.3 Å². The minimum Gasteiger partial charge on any atom is -0.337 e. The first-order valence-electron chi connectivity index (χ1n) is 11.5. The Hall–Kier alpha value is -2.37. The van der Waals surface area contributed by atoms with Gasteiger partial charge in [0.15, 0.2) is 0 Å². The van der Waals surface area contributed by atoms with Crippen LogP contribution in [-0.2, 0) is 16.4 Å². The van der Waals surface area contributed by atoms with Crippen LogP contribution in [0.4, 0.5) is 4.39 Å². The van der Waals surface area contributed by atoms with E-state index in [9.17, 15) is 12.8 Å². The zero-order valence-electron chi connectivity index (χ0n) is 18.9. The summed E-state index contributed by atoms with van der Waals surface area (Å²) >= 11 is 0. The fourth-order valence-corrected chi connectivity index (χ4v) is 5.97. The van der Waals surface area contributed by atoms with Gasteiger partial charge in [0.1, 0.15) is 11.3 Å². The van der Waals surface area contributed by atoms with Crippen molar-refractivity contribution >= 4 is 20.9 Å². The number of aromatic nitrogens is 4. The summed E-state index contributed by atoms with van der Waals surface area (Å²) in [5.41, 5.74) is 1.17. The van der Waals surface area contributed by atoms with Crippen molar-refractivity contribution in [3.8, 4) is 5.95 Å². The molecule has 4 heterocycles. The van der Waals surface area contributed by atoms with Gasteiger partial charge in [-0.15, -0.1) is 0 Å². The molecule has 2 aliphatic rings. The monoisotopic (exact) mass is 476 g/mol. The molecule has 2 saturated heterocycles. The van der Waals surface area contributed by atoms with E-state index in [2.05, 4.69) is 20.1 Å². The molecule has 3 aromatic rings. The maximum absolute atomic E-state index is 14.6. The first-order valence-corrected chi connectivity index (χ1v) is 13.4. The first kappa shape index (κ1) is 22.4. The lowest BCUT2D eigenvalue weighted by Crippen LogP contribution is -2.37. The first-order chi connectivity index (χ1) is 15.8. The number of fused-ring (bicyclic) bond motifs is 1. The number of piperidine rings is 1. The summed E-state index contributed by atoms with van der Waals surface area (Å²) in [4.78, 5) is 6.97. The van der Waals surface area contributed by atoms with Gasteiger partial charge >= 0.3 is 0 Å². The number of nitrogens with zero attached hydrogens (tertiary/aromatic N) is 6. The highest BCUT2D eigenvalue weighted by atomic mass is 32.2. The number of benzene rings is 1. The van der Waals surface area contributed by atoms with Gasteiger partial charge in [0.25, 0.3) is 5.95 Å². The summed E-state index contributed by atoms with van der Waals surface area (Å²) in [6.07, 6.45) is 4.65. The molecule has 1 atom stereocenters. The molecule has 0 spiro atoms. The molecule has 0 saturated carbocycles. The average Bonchev–Trinajstić information content (AvgIpc) is 3.52. The Morgan fingerprint density at radius 2 is 1.97 bits per heavy atom. The van der Waals surface area contributed by atoms with Crippen LogP contribution in [0.1, 0.15) is 43.7 Å². The largest absolute Gasteiger partial charge is 0.337 e. The molecular formula is C22H29FN6O3S. The molecule has 1 aromatic carbocycles. The Morgan fingerprint density at radius 1 is 1.18 bits per heavy atom. The van der Waals surface area contributed by atoms with Crippen molar-refractivity contribution in [3.05, 3.63) is 35.6 Å². The van der Waals surface area contributed by atoms with Crippen molar-refractivity contribution in [2.75, 3.05) is 39.0 Å². The summed E-state index contributed by atoms with van der Waals surface area (Å²) in [5, 5.41) is 9.39. The molecule has 5 rings (SSSR count). The Balaban J connectivity index is 1.24.